The lowest BCUT2D eigenvalue weighted by Gasteiger charge is -2.33. The van der Waals surface area contributed by atoms with E-state index in [9.17, 15) is 27.9 Å². The largest absolute Gasteiger partial charge is 0.443 e. The lowest BCUT2D eigenvalue weighted by molar-refractivity contribution is -0.132. The van der Waals surface area contributed by atoms with Gasteiger partial charge in [0.2, 0.25) is 11.8 Å². The molecule has 0 unspecified atom stereocenters. The van der Waals surface area contributed by atoms with Crippen molar-refractivity contribution in [1.29, 1.82) is 0 Å². The second kappa shape index (κ2) is 17.0. The van der Waals surface area contributed by atoms with Gasteiger partial charge < -0.3 is 20.5 Å². The van der Waals surface area contributed by atoms with Crippen LogP contribution in [0.15, 0.2) is 42.9 Å². The van der Waals surface area contributed by atoms with E-state index in [1.54, 1.807) is 53.7 Å². The molecule has 2 amide bonds. The number of halogens is 1. The molecule has 2 saturated carbocycles. The van der Waals surface area contributed by atoms with Crippen LogP contribution in [0.3, 0.4) is 0 Å². The zero-order valence-corrected chi connectivity index (χ0v) is 31.8. The average molecular weight is 733 g/mol. The van der Waals surface area contributed by atoms with E-state index in [0.29, 0.717) is 19.3 Å². The van der Waals surface area contributed by atoms with Crippen LogP contribution >= 0.6 is 0 Å². The number of carbonyl (C=O) groups is 3. The predicted octanol–water partition coefficient (Wildman–Crippen LogP) is 5.33. The molecule has 2 aliphatic rings. The van der Waals surface area contributed by atoms with Crippen LogP contribution in [0.5, 0.6) is 0 Å². The van der Waals surface area contributed by atoms with Crippen LogP contribution in [0.25, 0.3) is 0 Å². The van der Waals surface area contributed by atoms with Gasteiger partial charge in [-0.15, -0.1) is 0 Å². The number of rotatable bonds is 15. The summed E-state index contributed by atoms with van der Waals surface area (Å²) >= 11 is 0. The van der Waals surface area contributed by atoms with E-state index in [1.165, 1.54) is 12.5 Å². The first-order valence-corrected chi connectivity index (χ1v) is 19.9. The number of aliphatic hydroxyl groups excluding tert-OH is 1. The number of aromatic nitrogens is 2. The number of aliphatic hydroxyl groups is 1. The summed E-state index contributed by atoms with van der Waals surface area (Å²) in [6, 6.07) is 6.87. The first kappa shape index (κ1) is 40.5. The van der Waals surface area contributed by atoms with Crippen LogP contribution in [-0.4, -0.2) is 81.4 Å². The van der Waals surface area contributed by atoms with E-state index in [1.807, 2.05) is 18.2 Å². The number of nitrogens with one attached hydrogen (secondary N) is 2. The second-order valence-electron chi connectivity index (χ2n) is 16.4. The third-order valence-electron chi connectivity index (χ3n) is 9.79. The lowest BCUT2D eigenvalue weighted by Crippen LogP contribution is -2.56. The molecule has 0 bridgehead atoms. The van der Waals surface area contributed by atoms with Crippen LogP contribution in [0.2, 0.25) is 0 Å². The number of nitrogens with zero attached hydrogens (tertiary/aromatic N) is 2. The van der Waals surface area contributed by atoms with Gasteiger partial charge in [-0.25, -0.2) is 27.2 Å². The van der Waals surface area contributed by atoms with Gasteiger partial charge >= 0.3 is 6.09 Å². The van der Waals surface area contributed by atoms with Gasteiger partial charge in [-0.2, -0.15) is 0 Å². The van der Waals surface area contributed by atoms with E-state index in [4.69, 9.17) is 4.74 Å². The number of carbonyl (C=O) groups excluding carboxylic acids is 3. The summed E-state index contributed by atoms with van der Waals surface area (Å²) in [5.74, 6) is -2.84. The second-order valence-corrected chi connectivity index (χ2v) is 19.2. The third kappa shape index (κ3) is 12.1. The molecule has 2 aliphatic carbocycles. The predicted molar refractivity (Wildman–Crippen MR) is 193 cm³/mol. The maximum absolute atomic E-state index is 15.4. The summed E-state index contributed by atoms with van der Waals surface area (Å²) in [5, 5.41) is 16.9. The molecule has 5 atom stereocenters. The third-order valence-corrected chi connectivity index (χ3v) is 12.5. The number of benzene rings is 1. The van der Waals surface area contributed by atoms with Crippen molar-refractivity contribution in [3.05, 3.63) is 54.1 Å². The van der Waals surface area contributed by atoms with Gasteiger partial charge in [0.15, 0.2) is 9.84 Å². The van der Waals surface area contributed by atoms with Gasteiger partial charge in [-0.3, -0.25) is 9.59 Å². The molecule has 0 saturated heterocycles. The van der Waals surface area contributed by atoms with E-state index in [-0.39, 0.29) is 30.4 Å². The molecule has 2 fully saturated rings. The van der Waals surface area contributed by atoms with Crippen molar-refractivity contribution in [3.63, 3.8) is 0 Å². The van der Waals surface area contributed by atoms with E-state index in [2.05, 4.69) is 15.6 Å². The Balaban J connectivity index is 1.63. The molecule has 284 valence electrons. The molecule has 4 rings (SSSR count). The molecule has 0 spiro atoms. The molecule has 1 heterocycles. The van der Waals surface area contributed by atoms with Gasteiger partial charge in [0.05, 0.1) is 28.2 Å². The summed E-state index contributed by atoms with van der Waals surface area (Å²) < 4.78 is 47.6. The molecular formula is C38H57FN4O7S. The monoisotopic (exact) mass is 732 g/mol. The van der Waals surface area contributed by atoms with Gasteiger partial charge in [0.25, 0.3) is 0 Å². The van der Waals surface area contributed by atoms with Crippen LogP contribution in [-0.2, 0) is 37.0 Å². The highest BCUT2D eigenvalue weighted by molar-refractivity contribution is 7.92. The van der Waals surface area contributed by atoms with Crippen molar-refractivity contribution in [2.24, 2.45) is 17.8 Å². The normalized spacial score (nSPS) is 19.0. The molecule has 2 aromatic rings. The maximum Gasteiger partial charge on any atom is 0.419 e. The van der Waals surface area contributed by atoms with E-state index in [0.717, 1.165) is 42.2 Å². The summed E-state index contributed by atoms with van der Waals surface area (Å²) in [6.07, 6.45) is 5.80. The van der Waals surface area contributed by atoms with Crippen molar-refractivity contribution in [2.75, 3.05) is 5.75 Å². The standard InChI is InChI=1S/C38H57FN4O7S/c1-37(2,3)50-36(47)43-22-29(40-24-43)21-31(35(46)41-30(20-26-15-11-8-12-16-26)33(44)32(39)27-17-18-27)42-34(45)28(19-25-13-9-7-10-14-25)23-51(48,49)38(4,5)6/h7,9-10,13-14,22,24,26-28,30-33,44H,8,11-12,15-21,23H2,1-6H3,(H,41,46)(H,42,45)/t28-,30+,31+,32+,33-/m1/s1. The van der Waals surface area contributed by atoms with E-state index < -0.39 is 74.1 Å². The molecule has 51 heavy (non-hydrogen) atoms. The Morgan fingerprint density at radius 2 is 1.61 bits per heavy atom. The Kier molecular flexibility index (Phi) is 13.5. The molecule has 1 aromatic heterocycles. The summed E-state index contributed by atoms with van der Waals surface area (Å²) in [5.41, 5.74) is 0.277. The Bertz CT molecular complexity index is 1570. The highest BCUT2D eigenvalue weighted by atomic mass is 32.2. The highest BCUT2D eigenvalue weighted by Crippen LogP contribution is 2.38. The Morgan fingerprint density at radius 3 is 2.20 bits per heavy atom. The number of imidazole rings is 1. The summed E-state index contributed by atoms with van der Waals surface area (Å²) in [4.78, 5) is 45.3. The van der Waals surface area contributed by atoms with Crippen molar-refractivity contribution in [1.82, 2.24) is 20.2 Å². The molecular weight excluding hydrogens is 676 g/mol. The first-order chi connectivity index (χ1) is 23.8. The SMILES string of the molecule is CC(C)(C)OC(=O)n1cnc(C[C@H](NC(=O)[C@H](Cc2ccccc2)CS(=O)(=O)C(C)(C)C)C(=O)N[C@@H](CC2CCCCC2)[C@@H](O)[C@@H](F)C2CC2)c1. The average Bonchev–Trinajstić information content (AvgIpc) is 3.80. The number of sulfone groups is 1. The molecule has 0 aliphatic heterocycles. The summed E-state index contributed by atoms with van der Waals surface area (Å²) in [6.45, 7) is 9.92. The topological polar surface area (TPSA) is 157 Å². The van der Waals surface area contributed by atoms with Crippen molar-refractivity contribution < 1.29 is 37.0 Å². The number of ether oxygens (including phenoxy) is 1. The fraction of sp³-hybridized carbons (Fsp3) is 0.684. The van der Waals surface area contributed by atoms with Gasteiger partial charge in [0.1, 0.15) is 30.2 Å². The van der Waals surface area contributed by atoms with Gasteiger partial charge in [-0.1, -0.05) is 62.4 Å². The first-order valence-electron chi connectivity index (χ1n) is 18.3. The molecule has 0 radical (unpaired) electrons. The van der Waals surface area contributed by atoms with Crippen LogP contribution in [0.4, 0.5) is 9.18 Å². The Hall–Kier alpha value is -3.32. The minimum absolute atomic E-state index is 0.109. The van der Waals surface area contributed by atoms with Crippen LogP contribution in [0, 0.1) is 17.8 Å². The van der Waals surface area contributed by atoms with Crippen molar-refractivity contribution >= 4 is 27.7 Å². The molecule has 11 nitrogen and oxygen atoms in total. The van der Waals surface area contributed by atoms with Gasteiger partial charge in [0, 0.05) is 12.6 Å². The van der Waals surface area contributed by atoms with Crippen molar-refractivity contribution in [3.8, 4) is 0 Å². The molecule has 13 heteroatoms. The minimum Gasteiger partial charge on any atom is -0.443 e. The quantitative estimate of drug-likeness (QED) is 0.222. The lowest BCUT2D eigenvalue weighted by atomic mass is 9.82. The molecule has 3 N–H and O–H groups in total. The molecule has 1 aromatic carbocycles. The number of amides is 2. The number of hydrogen-bond donors (Lipinski definition) is 3. The van der Waals surface area contributed by atoms with Gasteiger partial charge in [-0.05, 0) is 84.6 Å². The fourth-order valence-corrected chi connectivity index (χ4v) is 7.80. The number of hydrogen-bond acceptors (Lipinski definition) is 8. The summed E-state index contributed by atoms with van der Waals surface area (Å²) in [7, 11) is -3.76. The zero-order valence-electron chi connectivity index (χ0n) is 30.9. The van der Waals surface area contributed by atoms with Crippen LogP contribution in [0.1, 0.15) is 104 Å². The maximum atomic E-state index is 15.4. The Morgan fingerprint density at radius 1 is 0.961 bits per heavy atom. The highest BCUT2D eigenvalue weighted by Gasteiger charge is 2.42. The fourth-order valence-electron chi connectivity index (χ4n) is 6.50. The smallest absolute Gasteiger partial charge is 0.419 e. The zero-order chi connectivity index (χ0) is 37.6. The van der Waals surface area contributed by atoms with Crippen molar-refractivity contribution in [2.45, 2.75) is 140 Å². The Labute approximate surface area is 302 Å². The van der Waals surface area contributed by atoms with E-state index >= 15 is 4.39 Å². The minimum atomic E-state index is -3.76. The number of alkyl halides is 1. The van der Waals surface area contributed by atoms with Crippen LogP contribution < -0.4 is 10.6 Å².